The van der Waals surface area contributed by atoms with Crippen molar-refractivity contribution in [3.63, 3.8) is 0 Å². The summed E-state index contributed by atoms with van der Waals surface area (Å²) >= 11 is 3.34. The normalized spacial score (nSPS) is 11.1. The number of hydrogen-bond donors (Lipinski definition) is 1. The Kier molecular flexibility index (Phi) is 4.89. The first-order valence-corrected chi connectivity index (χ1v) is 5.83. The second kappa shape index (κ2) is 5.96. The van der Waals surface area contributed by atoms with Gasteiger partial charge in [-0.2, -0.15) is 0 Å². The zero-order valence-electron chi connectivity index (χ0n) is 9.35. The van der Waals surface area contributed by atoms with Crippen LogP contribution in [0.15, 0.2) is 22.9 Å². The molecule has 0 aliphatic carbocycles. The Labute approximate surface area is 103 Å². The van der Waals surface area contributed by atoms with Gasteiger partial charge in [-0.25, -0.2) is 0 Å². The van der Waals surface area contributed by atoms with Gasteiger partial charge in [0.25, 0.3) is 0 Å². The van der Waals surface area contributed by atoms with Crippen LogP contribution in [-0.4, -0.2) is 33.5 Å². The molecule has 0 aromatic carbocycles. The highest BCUT2D eigenvalue weighted by Gasteiger charge is 2.13. The van der Waals surface area contributed by atoms with Crippen LogP contribution in [-0.2, 0) is 11.3 Å². The number of pyridine rings is 1. The van der Waals surface area contributed by atoms with Crippen molar-refractivity contribution in [3.8, 4) is 0 Å². The van der Waals surface area contributed by atoms with Crippen LogP contribution in [0.3, 0.4) is 0 Å². The number of halogens is 1. The molecule has 0 amide bonds. The molecule has 1 aromatic rings. The van der Waals surface area contributed by atoms with Gasteiger partial charge in [0.15, 0.2) is 0 Å². The molecule has 0 saturated heterocycles. The van der Waals surface area contributed by atoms with Crippen LogP contribution in [0.5, 0.6) is 0 Å². The van der Waals surface area contributed by atoms with E-state index in [0.29, 0.717) is 6.54 Å². The molecule has 88 valence electrons. The summed E-state index contributed by atoms with van der Waals surface area (Å²) in [6.07, 6.45) is 3.46. The van der Waals surface area contributed by atoms with Gasteiger partial charge in [0.2, 0.25) is 0 Å². The van der Waals surface area contributed by atoms with Crippen LogP contribution < -0.4 is 0 Å². The lowest BCUT2D eigenvalue weighted by atomic mass is 10.2. The Morgan fingerprint density at radius 3 is 2.75 bits per heavy atom. The average Bonchev–Trinajstić information content (AvgIpc) is 2.15. The molecular formula is C11H15BrN2O2. The number of rotatable bonds is 5. The molecular weight excluding hydrogens is 272 g/mol. The van der Waals surface area contributed by atoms with E-state index in [1.807, 2.05) is 24.8 Å². The third-order valence-corrected chi connectivity index (χ3v) is 2.65. The smallest absolute Gasteiger partial charge is 0.317 e. The Balaban J connectivity index is 2.71. The van der Waals surface area contributed by atoms with Crippen LogP contribution >= 0.6 is 15.9 Å². The van der Waals surface area contributed by atoms with E-state index in [9.17, 15) is 4.79 Å². The minimum atomic E-state index is -0.809. The molecule has 1 heterocycles. The predicted octanol–water partition coefficient (Wildman–Crippen LogP) is 2.14. The third-order valence-electron chi connectivity index (χ3n) is 2.22. The van der Waals surface area contributed by atoms with E-state index in [1.165, 1.54) is 0 Å². The van der Waals surface area contributed by atoms with Gasteiger partial charge in [-0.05, 0) is 41.4 Å². The van der Waals surface area contributed by atoms with Gasteiger partial charge in [0.1, 0.15) is 0 Å². The van der Waals surface area contributed by atoms with Crippen molar-refractivity contribution in [1.29, 1.82) is 0 Å². The molecule has 0 unspecified atom stereocenters. The molecule has 5 heteroatoms. The minimum Gasteiger partial charge on any atom is -0.480 e. The van der Waals surface area contributed by atoms with Crippen LogP contribution in [0.25, 0.3) is 0 Å². The molecule has 1 N–H and O–H groups in total. The number of aliphatic carboxylic acids is 1. The summed E-state index contributed by atoms with van der Waals surface area (Å²) in [7, 11) is 0. The summed E-state index contributed by atoms with van der Waals surface area (Å²) in [5.74, 6) is -0.809. The maximum atomic E-state index is 10.7. The lowest BCUT2D eigenvalue weighted by Gasteiger charge is -2.24. The molecule has 0 atom stereocenters. The van der Waals surface area contributed by atoms with Gasteiger partial charge in [0, 0.05) is 29.5 Å². The minimum absolute atomic E-state index is 0.0458. The Hall–Kier alpha value is -0.940. The van der Waals surface area contributed by atoms with Crippen LogP contribution in [0.4, 0.5) is 0 Å². The largest absolute Gasteiger partial charge is 0.480 e. The lowest BCUT2D eigenvalue weighted by Crippen LogP contribution is -2.35. The topological polar surface area (TPSA) is 53.4 Å². The zero-order valence-corrected chi connectivity index (χ0v) is 10.9. The monoisotopic (exact) mass is 286 g/mol. The van der Waals surface area contributed by atoms with Crippen molar-refractivity contribution in [1.82, 2.24) is 9.88 Å². The van der Waals surface area contributed by atoms with E-state index in [-0.39, 0.29) is 12.6 Å². The van der Waals surface area contributed by atoms with Crippen molar-refractivity contribution in [2.45, 2.75) is 26.4 Å². The summed E-state index contributed by atoms with van der Waals surface area (Å²) in [4.78, 5) is 16.6. The summed E-state index contributed by atoms with van der Waals surface area (Å²) in [5, 5.41) is 8.80. The fourth-order valence-electron chi connectivity index (χ4n) is 1.37. The first-order valence-electron chi connectivity index (χ1n) is 5.04. The van der Waals surface area contributed by atoms with E-state index in [1.54, 1.807) is 12.4 Å². The molecule has 0 spiro atoms. The average molecular weight is 287 g/mol. The van der Waals surface area contributed by atoms with E-state index >= 15 is 0 Å². The maximum Gasteiger partial charge on any atom is 0.317 e. The van der Waals surface area contributed by atoms with Gasteiger partial charge in [-0.3, -0.25) is 14.7 Å². The first kappa shape index (κ1) is 13.1. The number of nitrogens with zero attached hydrogens (tertiary/aromatic N) is 2. The van der Waals surface area contributed by atoms with E-state index in [4.69, 9.17) is 5.11 Å². The molecule has 16 heavy (non-hydrogen) atoms. The molecule has 1 rings (SSSR count). The summed E-state index contributed by atoms with van der Waals surface area (Å²) < 4.78 is 0.907. The Morgan fingerprint density at radius 1 is 1.56 bits per heavy atom. The molecule has 0 saturated carbocycles. The Morgan fingerprint density at radius 2 is 2.25 bits per heavy atom. The second-order valence-electron chi connectivity index (χ2n) is 3.90. The number of carboxylic acids is 1. The fraction of sp³-hybridized carbons (Fsp3) is 0.455. The first-order chi connectivity index (χ1) is 7.49. The van der Waals surface area contributed by atoms with E-state index in [0.717, 1.165) is 10.0 Å². The number of hydrogen-bond acceptors (Lipinski definition) is 3. The Bertz CT molecular complexity index is 369. The lowest BCUT2D eigenvalue weighted by molar-refractivity contribution is -0.138. The van der Waals surface area contributed by atoms with Gasteiger partial charge in [-0.1, -0.05) is 0 Å². The molecule has 0 aliphatic rings. The molecule has 0 fully saturated rings. The molecule has 4 nitrogen and oxygen atoms in total. The maximum absolute atomic E-state index is 10.7. The predicted molar refractivity (Wildman–Crippen MR) is 65.1 cm³/mol. The van der Waals surface area contributed by atoms with Crippen molar-refractivity contribution >= 4 is 21.9 Å². The quantitative estimate of drug-likeness (QED) is 0.901. The van der Waals surface area contributed by atoms with E-state index < -0.39 is 5.97 Å². The van der Waals surface area contributed by atoms with Crippen LogP contribution in [0.2, 0.25) is 0 Å². The SMILES string of the molecule is CC(C)N(CC(=O)O)Cc1cncc(Br)c1. The second-order valence-corrected chi connectivity index (χ2v) is 4.82. The molecule has 0 aliphatic heterocycles. The molecule has 1 aromatic heterocycles. The van der Waals surface area contributed by atoms with Crippen molar-refractivity contribution in [3.05, 3.63) is 28.5 Å². The van der Waals surface area contributed by atoms with Crippen molar-refractivity contribution < 1.29 is 9.90 Å². The zero-order chi connectivity index (χ0) is 12.1. The highest BCUT2D eigenvalue weighted by molar-refractivity contribution is 9.10. The van der Waals surface area contributed by atoms with Gasteiger partial charge in [0.05, 0.1) is 6.54 Å². The molecule has 0 radical (unpaired) electrons. The van der Waals surface area contributed by atoms with Crippen molar-refractivity contribution in [2.75, 3.05) is 6.54 Å². The standard InChI is InChI=1S/C11H15BrN2O2/c1-8(2)14(7-11(15)16)6-9-3-10(12)5-13-4-9/h3-5,8H,6-7H2,1-2H3,(H,15,16). The number of carbonyl (C=O) groups is 1. The van der Waals surface area contributed by atoms with Crippen molar-refractivity contribution in [2.24, 2.45) is 0 Å². The van der Waals surface area contributed by atoms with Crippen LogP contribution in [0, 0.1) is 0 Å². The van der Waals surface area contributed by atoms with Crippen LogP contribution in [0.1, 0.15) is 19.4 Å². The molecule has 0 bridgehead atoms. The van der Waals surface area contributed by atoms with E-state index in [2.05, 4.69) is 20.9 Å². The van der Waals surface area contributed by atoms with Gasteiger partial charge >= 0.3 is 5.97 Å². The fourth-order valence-corrected chi connectivity index (χ4v) is 1.78. The third kappa shape index (κ3) is 4.28. The highest BCUT2D eigenvalue weighted by atomic mass is 79.9. The summed E-state index contributed by atoms with van der Waals surface area (Å²) in [5.41, 5.74) is 1.00. The highest BCUT2D eigenvalue weighted by Crippen LogP contribution is 2.12. The number of aromatic nitrogens is 1. The van der Waals surface area contributed by atoms with Gasteiger partial charge < -0.3 is 5.11 Å². The number of carboxylic acid groups (broad SMARTS) is 1. The summed E-state index contributed by atoms with van der Waals surface area (Å²) in [6.45, 7) is 4.60. The summed E-state index contributed by atoms with van der Waals surface area (Å²) in [6, 6.07) is 2.14. The van der Waals surface area contributed by atoms with Gasteiger partial charge in [-0.15, -0.1) is 0 Å².